The summed E-state index contributed by atoms with van der Waals surface area (Å²) in [5, 5.41) is 4.00. The smallest absolute Gasteiger partial charge is 0.329 e. The number of thiophene rings is 1. The molecule has 1 aliphatic carbocycles. The number of nitrogens with zero attached hydrogens (tertiary/aromatic N) is 2. The maximum atomic E-state index is 13.0. The van der Waals surface area contributed by atoms with Crippen molar-refractivity contribution in [1.29, 1.82) is 0 Å². The molecule has 0 aromatic carbocycles. The summed E-state index contributed by atoms with van der Waals surface area (Å²) < 4.78 is 3.30. The van der Waals surface area contributed by atoms with Crippen molar-refractivity contribution in [3.8, 4) is 0 Å². The van der Waals surface area contributed by atoms with Gasteiger partial charge in [-0.2, -0.15) is 0 Å². The number of nitrogens with two attached hydrogens (primary N) is 1. The number of hydrogen-bond acceptors (Lipinski definition) is 5. The van der Waals surface area contributed by atoms with E-state index in [1.54, 1.807) is 15.9 Å². The highest BCUT2D eigenvalue weighted by Crippen LogP contribution is 2.41. The van der Waals surface area contributed by atoms with E-state index in [1.807, 2.05) is 6.92 Å². The molecule has 1 fully saturated rings. The van der Waals surface area contributed by atoms with Crippen molar-refractivity contribution in [3.63, 3.8) is 0 Å². The molecule has 2 aromatic rings. The standard InChI is InChI=1S/C17H26N4O2S/c1-4-7-20-16-14(11(3)13(24-16)9-19-6-5-18)15(22)21(17(20)23)12-8-10(12)2/h10,12,19H,4-9,18H2,1-3H3. The number of aromatic nitrogens is 2. The molecule has 0 spiro atoms. The number of rotatable bonds is 7. The molecule has 0 amide bonds. The quantitative estimate of drug-likeness (QED) is 0.743. The van der Waals surface area contributed by atoms with Crippen LogP contribution in [0.5, 0.6) is 0 Å². The van der Waals surface area contributed by atoms with Gasteiger partial charge >= 0.3 is 5.69 Å². The molecule has 0 radical (unpaired) electrons. The van der Waals surface area contributed by atoms with Gasteiger partial charge in [-0.05, 0) is 31.2 Å². The summed E-state index contributed by atoms with van der Waals surface area (Å²) in [6.07, 6.45) is 1.78. The summed E-state index contributed by atoms with van der Waals surface area (Å²) in [7, 11) is 0. The highest BCUT2D eigenvalue weighted by atomic mass is 32.1. The minimum atomic E-state index is -0.147. The summed E-state index contributed by atoms with van der Waals surface area (Å²) in [6, 6.07) is 0.0654. The van der Waals surface area contributed by atoms with Gasteiger partial charge in [0.15, 0.2) is 0 Å². The largest absolute Gasteiger partial charge is 0.332 e. The van der Waals surface area contributed by atoms with E-state index in [-0.39, 0.29) is 17.3 Å². The normalized spacial score (nSPS) is 20.0. The predicted molar refractivity (Wildman–Crippen MR) is 99.0 cm³/mol. The highest BCUT2D eigenvalue weighted by molar-refractivity contribution is 7.18. The minimum Gasteiger partial charge on any atom is -0.329 e. The Bertz CT molecular complexity index is 864. The Labute approximate surface area is 145 Å². The van der Waals surface area contributed by atoms with Crippen LogP contribution in [0.4, 0.5) is 0 Å². The maximum absolute atomic E-state index is 13.0. The van der Waals surface area contributed by atoms with Crippen molar-refractivity contribution in [1.82, 2.24) is 14.5 Å². The van der Waals surface area contributed by atoms with E-state index in [4.69, 9.17) is 5.73 Å². The van der Waals surface area contributed by atoms with E-state index in [2.05, 4.69) is 19.2 Å². The first-order valence-corrected chi connectivity index (χ1v) is 9.51. The van der Waals surface area contributed by atoms with E-state index < -0.39 is 0 Å². The van der Waals surface area contributed by atoms with Gasteiger partial charge in [0, 0.05) is 37.1 Å². The average molecular weight is 350 g/mol. The Hall–Kier alpha value is -1.44. The van der Waals surface area contributed by atoms with Crippen LogP contribution in [0.15, 0.2) is 9.59 Å². The Morgan fingerprint density at radius 2 is 2.08 bits per heavy atom. The first-order chi connectivity index (χ1) is 11.5. The molecule has 0 aliphatic heterocycles. The van der Waals surface area contributed by atoms with Gasteiger partial charge in [0.1, 0.15) is 4.83 Å². The van der Waals surface area contributed by atoms with Crippen molar-refractivity contribution in [2.45, 2.75) is 52.7 Å². The lowest BCUT2D eigenvalue weighted by Gasteiger charge is -2.11. The molecule has 2 aromatic heterocycles. The molecule has 0 bridgehead atoms. The van der Waals surface area contributed by atoms with Gasteiger partial charge < -0.3 is 11.1 Å². The van der Waals surface area contributed by atoms with Crippen LogP contribution in [0, 0.1) is 12.8 Å². The van der Waals surface area contributed by atoms with Crippen molar-refractivity contribution < 1.29 is 0 Å². The second-order valence-corrected chi connectivity index (χ2v) is 7.77. The van der Waals surface area contributed by atoms with Crippen LogP contribution in [-0.4, -0.2) is 22.2 Å². The fraction of sp³-hybridized carbons (Fsp3) is 0.647. The molecular formula is C17H26N4O2S. The predicted octanol–water partition coefficient (Wildman–Crippen LogP) is 1.57. The lowest BCUT2D eigenvalue weighted by atomic mass is 10.2. The number of nitrogens with one attached hydrogen (secondary N) is 1. The van der Waals surface area contributed by atoms with Gasteiger partial charge in [-0.3, -0.25) is 13.9 Å². The molecule has 1 saturated carbocycles. The SMILES string of the molecule is CCCn1c(=O)n(C2CC2C)c(=O)c2c(C)c(CNCCN)sc21. The molecule has 3 N–H and O–H groups in total. The van der Waals surface area contributed by atoms with Gasteiger partial charge in [0.2, 0.25) is 0 Å². The van der Waals surface area contributed by atoms with E-state index in [1.165, 1.54) is 4.57 Å². The van der Waals surface area contributed by atoms with Crippen molar-refractivity contribution >= 4 is 21.6 Å². The monoisotopic (exact) mass is 350 g/mol. The molecule has 2 unspecified atom stereocenters. The van der Waals surface area contributed by atoms with E-state index in [0.29, 0.717) is 25.6 Å². The number of fused-ring (bicyclic) bond motifs is 1. The molecular weight excluding hydrogens is 324 g/mol. The third-order valence-electron chi connectivity index (χ3n) is 4.79. The molecule has 6 nitrogen and oxygen atoms in total. The fourth-order valence-corrected chi connectivity index (χ4v) is 4.54. The molecule has 0 saturated heterocycles. The van der Waals surface area contributed by atoms with Gasteiger partial charge in [0.05, 0.1) is 5.39 Å². The Morgan fingerprint density at radius 1 is 1.38 bits per heavy atom. The van der Waals surface area contributed by atoms with Gasteiger partial charge in [0.25, 0.3) is 5.56 Å². The number of hydrogen-bond donors (Lipinski definition) is 2. The first-order valence-electron chi connectivity index (χ1n) is 8.69. The highest BCUT2D eigenvalue weighted by Gasteiger charge is 2.38. The van der Waals surface area contributed by atoms with E-state index in [9.17, 15) is 9.59 Å². The second kappa shape index (κ2) is 6.82. The molecule has 24 heavy (non-hydrogen) atoms. The molecule has 2 heterocycles. The summed E-state index contributed by atoms with van der Waals surface area (Å²) >= 11 is 1.56. The molecule has 2 atom stereocenters. The Balaban J connectivity index is 2.20. The maximum Gasteiger partial charge on any atom is 0.332 e. The first kappa shape index (κ1) is 17.4. The third kappa shape index (κ3) is 2.85. The van der Waals surface area contributed by atoms with Crippen molar-refractivity contribution in [2.24, 2.45) is 11.7 Å². The lowest BCUT2D eigenvalue weighted by molar-refractivity contribution is 0.560. The van der Waals surface area contributed by atoms with Gasteiger partial charge in [-0.1, -0.05) is 13.8 Å². The molecule has 132 valence electrons. The van der Waals surface area contributed by atoms with E-state index in [0.717, 1.165) is 40.0 Å². The molecule has 3 rings (SSSR count). The van der Waals surface area contributed by atoms with Crippen LogP contribution < -0.4 is 22.3 Å². The third-order valence-corrected chi connectivity index (χ3v) is 6.11. The van der Waals surface area contributed by atoms with Gasteiger partial charge in [-0.15, -0.1) is 11.3 Å². The zero-order valence-corrected chi connectivity index (χ0v) is 15.4. The van der Waals surface area contributed by atoms with Gasteiger partial charge in [-0.25, -0.2) is 4.79 Å². The van der Waals surface area contributed by atoms with Crippen LogP contribution in [0.3, 0.4) is 0 Å². The Morgan fingerprint density at radius 3 is 2.67 bits per heavy atom. The van der Waals surface area contributed by atoms with Crippen LogP contribution >= 0.6 is 11.3 Å². The van der Waals surface area contributed by atoms with Crippen LogP contribution in [0.25, 0.3) is 10.2 Å². The van der Waals surface area contributed by atoms with Crippen molar-refractivity contribution in [3.05, 3.63) is 31.3 Å². The lowest BCUT2D eigenvalue weighted by Crippen LogP contribution is -2.39. The van der Waals surface area contributed by atoms with Crippen LogP contribution in [0.2, 0.25) is 0 Å². The summed E-state index contributed by atoms with van der Waals surface area (Å²) in [6.45, 7) is 8.77. The van der Waals surface area contributed by atoms with E-state index >= 15 is 0 Å². The van der Waals surface area contributed by atoms with Crippen LogP contribution in [0.1, 0.15) is 43.2 Å². The van der Waals surface area contributed by atoms with Crippen LogP contribution in [-0.2, 0) is 13.1 Å². The van der Waals surface area contributed by atoms with Crippen molar-refractivity contribution in [2.75, 3.05) is 13.1 Å². The molecule has 7 heteroatoms. The summed E-state index contributed by atoms with van der Waals surface area (Å²) in [5.41, 5.74) is 6.26. The topological polar surface area (TPSA) is 82.0 Å². The summed E-state index contributed by atoms with van der Waals surface area (Å²) in [5.74, 6) is 0.410. The molecule has 1 aliphatic rings. The average Bonchev–Trinajstić information content (AvgIpc) is 3.16. The fourth-order valence-electron chi connectivity index (χ4n) is 3.26. The second-order valence-electron chi connectivity index (χ2n) is 6.69. The minimum absolute atomic E-state index is 0.0654. The summed E-state index contributed by atoms with van der Waals surface area (Å²) in [4.78, 5) is 27.8. The zero-order valence-electron chi connectivity index (χ0n) is 14.6. The number of aryl methyl sites for hydroxylation is 2. The Kier molecular flexibility index (Phi) is 4.94. The zero-order chi connectivity index (χ0) is 17.4.